The summed E-state index contributed by atoms with van der Waals surface area (Å²) >= 11 is 0. The summed E-state index contributed by atoms with van der Waals surface area (Å²) in [6, 6.07) is 13.1. The van der Waals surface area contributed by atoms with Gasteiger partial charge in [-0.25, -0.2) is 13.6 Å². The summed E-state index contributed by atoms with van der Waals surface area (Å²) in [5.74, 6) is -2.45. The third-order valence-corrected chi connectivity index (χ3v) is 4.53. The Morgan fingerprint density at radius 2 is 1.96 bits per heavy atom. The Morgan fingerprint density at radius 1 is 1.14 bits per heavy atom. The van der Waals surface area contributed by atoms with Crippen molar-refractivity contribution < 1.29 is 18.4 Å². The SMILES string of the molecule is O=C(CN1Cc2c(ccc(F)c2F)NC1=O)NCc1ccc2ccccc2n1. The molecule has 3 amide bonds. The summed E-state index contributed by atoms with van der Waals surface area (Å²) < 4.78 is 27.4. The normalized spacial score (nSPS) is 13.2. The molecule has 142 valence electrons. The Hall–Kier alpha value is -3.55. The van der Waals surface area contributed by atoms with Gasteiger partial charge in [0.25, 0.3) is 0 Å². The van der Waals surface area contributed by atoms with E-state index >= 15 is 0 Å². The van der Waals surface area contributed by atoms with E-state index in [9.17, 15) is 18.4 Å². The lowest BCUT2D eigenvalue weighted by Gasteiger charge is -2.29. The van der Waals surface area contributed by atoms with Crippen LogP contribution in [-0.4, -0.2) is 28.4 Å². The molecule has 0 saturated heterocycles. The minimum Gasteiger partial charge on any atom is -0.349 e. The molecule has 2 N–H and O–H groups in total. The second kappa shape index (κ2) is 7.22. The van der Waals surface area contributed by atoms with Crippen molar-refractivity contribution in [2.45, 2.75) is 13.1 Å². The van der Waals surface area contributed by atoms with E-state index in [2.05, 4.69) is 15.6 Å². The number of hydrogen-bond acceptors (Lipinski definition) is 3. The number of amides is 3. The van der Waals surface area contributed by atoms with Crippen molar-refractivity contribution in [1.29, 1.82) is 0 Å². The van der Waals surface area contributed by atoms with Crippen molar-refractivity contribution in [3.8, 4) is 0 Å². The fraction of sp³-hybridized carbons (Fsp3) is 0.150. The average molecular weight is 382 g/mol. The number of carbonyl (C=O) groups excluding carboxylic acids is 2. The number of fused-ring (bicyclic) bond motifs is 2. The first-order valence-electron chi connectivity index (χ1n) is 8.65. The fourth-order valence-corrected chi connectivity index (χ4v) is 3.07. The van der Waals surface area contributed by atoms with Crippen LogP contribution < -0.4 is 10.6 Å². The number of benzene rings is 2. The zero-order valence-corrected chi connectivity index (χ0v) is 14.7. The first kappa shape index (κ1) is 17.8. The number of para-hydroxylation sites is 1. The van der Waals surface area contributed by atoms with E-state index in [0.29, 0.717) is 5.69 Å². The molecule has 1 aromatic heterocycles. The standard InChI is InChI=1S/C20H16F2N4O2/c21-15-7-8-17-14(19(15)22)10-26(20(28)25-17)11-18(27)23-9-13-6-5-12-3-1-2-4-16(12)24-13/h1-8H,9-11H2,(H,23,27)(H,25,28). The van der Waals surface area contributed by atoms with Gasteiger partial charge in [-0.3, -0.25) is 9.78 Å². The van der Waals surface area contributed by atoms with Gasteiger partial charge in [0, 0.05) is 10.9 Å². The zero-order valence-electron chi connectivity index (χ0n) is 14.7. The molecular weight excluding hydrogens is 366 g/mol. The Morgan fingerprint density at radius 3 is 2.82 bits per heavy atom. The Kier molecular flexibility index (Phi) is 4.60. The minimum absolute atomic E-state index is 0.0172. The van der Waals surface area contributed by atoms with Crippen LogP contribution in [0, 0.1) is 11.6 Å². The predicted molar refractivity (Wildman–Crippen MR) is 99.4 cm³/mol. The average Bonchev–Trinajstić information content (AvgIpc) is 2.70. The quantitative estimate of drug-likeness (QED) is 0.728. The van der Waals surface area contributed by atoms with Gasteiger partial charge in [0.2, 0.25) is 5.91 Å². The van der Waals surface area contributed by atoms with Gasteiger partial charge in [-0.15, -0.1) is 0 Å². The maximum absolute atomic E-state index is 14.0. The molecule has 0 bridgehead atoms. The summed E-state index contributed by atoms with van der Waals surface area (Å²) in [6.45, 7) is -0.278. The molecule has 0 unspecified atom stereocenters. The van der Waals surface area contributed by atoms with Gasteiger partial charge in [-0.1, -0.05) is 24.3 Å². The Labute approximate surface area is 159 Å². The lowest BCUT2D eigenvalue weighted by atomic mass is 10.1. The van der Waals surface area contributed by atoms with Crippen LogP contribution in [0.2, 0.25) is 0 Å². The van der Waals surface area contributed by atoms with Crippen molar-refractivity contribution in [2.24, 2.45) is 0 Å². The molecule has 1 aliphatic heterocycles. The topological polar surface area (TPSA) is 74.3 Å². The largest absolute Gasteiger partial charge is 0.349 e. The molecular formula is C20H16F2N4O2. The van der Waals surface area contributed by atoms with Gasteiger partial charge in [0.05, 0.1) is 30.0 Å². The van der Waals surface area contributed by atoms with Crippen molar-refractivity contribution in [3.63, 3.8) is 0 Å². The maximum atomic E-state index is 14.0. The number of halogens is 2. The van der Waals surface area contributed by atoms with Crippen molar-refractivity contribution in [2.75, 3.05) is 11.9 Å². The van der Waals surface area contributed by atoms with E-state index in [4.69, 9.17) is 0 Å². The van der Waals surface area contributed by atoms with Crippen LogP contribution in [0.25, 0.3) is 10.9 Å². The number of hydrogen-bond donors (Lipinski definition) is 2. The summed E-state index contributed by atoms with van der Waals surface area (Å²) in [6.07, 6.45) is 0. The van der Waals surface area contributed by atoms with Gasteiger partial charge < -0.3 is 15.5 Å². The molecule has 0 aliphatic carbocycles. The minimum atomic E-state index is -1.02. The van der Waals surface area contributed by atoms with Gasteiger partial charge in [0.15, 0.2) is 11.6 Å². The molecule has 0 fully saturated rings. The number of urea groups is 1. The molecule has 2 heterocycles. The summed E-state index contributed by atoms with van der Waals surface area (Å²) in [5, 5.41) is 6.15. The maximum Gasteiger partial charge on any atom is 0.322 e. The molecule has 0 saturated carbocycles. The number of aromatic nitrogens is 1. The number of nitrogens with zero attached hydrogens (tertiary/aromatic N) is 2. The van der Waals surface area contributed by atoms with Crippen LogP contribution in [0.3, 0.4) is 0 Å². The highest BCUT2D eigenvalue weighted by Gasteiger charge is 2.27. The van der Waals surface area contributed by atoms with Gasteiger partial charge in [-0.2, -0.15) is 0 Å². The summed E-state index contributed by atoms with van der Waals surface area (Å²) in [4.78, 5) is 29.9. The number of rotatable bonds is 4. The third kappa shape index (κ3) is 3.48. The van der Waals surface area contributed by atoms with Crippen molar-refractivity contribution >= 4 is 28.5 Å². The van der Waals surface area contributed by atoms with Crippen LogP contribution in [0.1, 0.15) is 11.3 Å². The molecule has 6 nitrogen and oxygen atoms in total. The van der Waals surface area contributed by atoms with Crippen LogP contribution in [0.15, 0.2) is 48.5 Å². The van der Waals surface area contributed by atoms with Gasteiger partial charge in [0.1, 0.15) is 6.54 Å². The summed E-state index contributed by atoms with van der Waals surface area (Å²) in [5.41, 5.74) is 1.72. The fourth-order valence-electron chi connectivity index (χ4n) is 3.07. The van der Waals surface area contributed by atoms with Crippen LogP contribution in [-0.2, 0) is 17.9 Å². The van der Waals surface area contributed by atoms with Gasteiger partial charge >= 0.3 is 6.03 Å². The highest BCUT2D eigenvalue weighted by Crippen LogP contribution is 2.27. The monoisotopic (exact) mass is 382 g/mol. The molecule has 0 atom stereocenters. The number of carbonyl (C=O) groups is 2. The van der Waals surface area contributed by atoms with E-state index in [1.54, 1.807) is 0 Å². The highest BCUT2D eigenvalue weighted by atomic mass is 19.2. The predicted octanol–water partition coefficient (Wildman–Crippen LogP) is 3.18. The smallest absolute Gasteiger partial charge is 0.322 e. The van der Waals surface area contributed by atoms with E-state index in [1.165, 1.54) is 6.07 Å². The molecule has 28 heavy (non-hydrogen) atoms. The first-order chi connectivity index (χ1) is 13.5. The number of nitrogens with one attached hydrogen (secondary N) is 2. The molecule has 4 rings (SSSR count). The zero-order chi connectivity index (χ0) is 19.7. The van der Waals surface area contributed by atoms with Crippen LogP contribution >= 0.6 is 0 Å². The van der Waals surface area contributed by atoms with E-state index in [1.807, 2.05) is 36.4 Å². The molecule has 0 radical (unpaired) electrons. The Bertz CT molecular complexity index is 1090. The highest BCUT2D eigenvalue weighted by molar-refractivity contribution is 5.94. The third-order valence-electron chi connectivity index (χ3n) is 4.53. The molecule has 3 aromatic rings. The van der Waals surface area contributed by atoms with Gasteiger partial charge in [-0.05, 0) is 24.3 Å². The second-order valence-electron chi connectivity index (χ2n) is 6.45. The molecule has 8 heteroatoms. The van der Waals surface area contributed by atoms with E-state index < -0.39 is 23.6 Å². The van der Waals surface area contributed by atoms with Crippen LogP contribution in [0.4, 0.5) is 19.3 Å². The lowest BCUT2D eigenvalue weighted by molar-refractivity contribution is -0.121. The van der Waals surface area contributed by atoms with Crippen LogP contribution in [0.5, 0.6) is 0 Å². The summed E-state index contributed by atoms with van der Waals surface area (Å²) in [7, 11) is 0. The second-order valence-corrected chi connectivity index (χ2v) is 6.45. The van der Waals surface area contributed by atoms with Crippen molar-refractivity contribution in [1.82, 2.24) is 15.2 Å². The Balaban J connectivity index is 1.40. The number of anilines is 1. The first-order valence-corrected chi connectivity index (χ1v) is 8.65. The van der Waals surface area contributed by atoms with E-state index in [-0.39, 0.29) is 30.9 Å². The van der Waals surface area contributed by atoms with Crippen molar-refractivity contribution in [3.05, 3.63) is 71.4 Å². The number of pyridine rings is 1. The lowest BCUT2D eigenvalue weighted by Crippen LogP contribution is -2.45. The molecule has 2 aromatic carbocycles. The molecule has 0 spiro atoms. The van der Waals surface area contributed by atoms with E-state index in [0.717, 1.165) is 21.9 Å². The molecule has 1 aliphatic rings.